The number of halogens is 1. The van der Waals surface area contributed by atoms with E-state index in [9.17, 15) is 9.59 Å². The maximum Gasteiger partial charge on any atom is 0.329 e. The number of nitrogens with one attached hydrogen (secondary N) is 1. The fourth-order valence-corrected chi connectivity index (χ4v) is 3.26. The average molecular weight is 372 g/mol. The Morgan fingerprint density at radius 3 is 2.31 bits per heavy atom. The summed E-state index contributed by atoms with van der Waals surface area (Å²) in [6.45, 7) is 4.56. The van der Waals surface area contributed by atoms with Gasteiger partial charge in [-0.2, -0.15) is 0 Å². The molecule has 6 heteroatoms. The molecule has 5 nitrogen and oxygen atoms in total. The van der Waals surface area contributed by atoms with E-state index in [0.717, 1.165) is 23.0 Å². The van der Waals surface area contributed by atoms with Crippen LogP contribution in [0.5, 0.6) is 0 Å². The molecule has 26 heavy (non-hydrogen) atoms. The number of carbonyl (C=O) groups is 1. The Bertz CT molecular complexity index is 973. The Hall–Kier alpha value is -2.53. The van der Waals surface area contributed by atoms with Gasteiger partial charge in [0, 0.05) is 11.6 Å². The van der Waals surface area contributed by atoms with Gasteiger partial charge in [-0.05, 0) is 43.2 Å². The summed E-state index contributed by atoms with van der Waals surface area (Å²) in [7, 11) is 0. The molecule has 1 heterocycles. The second kappa shape index (κ2) is 7.79. The summed E-state index contributed by atoms with van der Waals surface area (Å²) in [5.74, 6) is -0.200. The van der Waals surface area contributed by atoms with Crippen LogP contribution >= 0.6 is 11.6 Å². The molecular weight excluding hydrogens is 350 g/mol. The number of hydrogen-bond acceptors (Lipinski definition) is 2. The van der Waals surface area contributed by atoms with Crippen molar-refractivity contribution in [3.63, 3.8) is 0 Å². The normalized spacial score (nSPS) is 12.3. The van der Waals surface area contributed by atoms with Crippen molar-refractivity contribution in [3.05, 3.63) is 69.6 Å². The molecule has 2 aromatic carbocycles. The van der Waals surface area contributed by atoms with Gasteiger partial charge in [0.25, 0.3) is 0 Å². The van der Waals surface area contributed by atoms with E-state index in [0.29, 0.717) is 11.6 Å². The molecule has 0 aliphatic heterocycles. The Labute approximate surface area is 157 Å². The van der Waals surface area contributed by atoms with E-state index in [1.165, 1.54) is 4.57 Å². The van der Waals surface area contributed by atoms with Gasteiger partial charge in [0.1, 0.15) is 6.54 Å². The van der Waals surface area contributed by atoms with Gasteiger partial charge >= 0.3 is 5.69 Å². The van der Waals surface area contributed by atoms with Gasteiger partial charge in [-0.25, -0.2) is 4.79 Å². The Morgan fingerprint density at radius 2 is 1.69 bits per heavy atom. The lowest BCUT2D eigenvalue weighted by atomic mass is 10.1. The van der Waals surface area contributed by atoms with Crippen LogP contribution in [0.2, 0.25) is 5.02 Å². The molecule has 1 N–H and O–H groups in total. The van der Waals surface area contributed by atoms with Crippen LogP contribution in [-0.4, -0.2) is 15.0 Å². The highest BCUT2D eigenvalue weighted by molar-refractivity contribution is 6.30. The topological polar surface area (TPSA) is 56.0 Å². The summed E-state index contributed by atoms with van der Waals surface area (Å²) in [4.78, 5) is 25.3. The molecule has 1 aromatic heterocycles. The van der Waals surface area contributed by atoms with Crippen LogP contribution in [0.1, 0.15) is 31.9 Å². The highest BCUT2D eigenvalue weighted by Crippen LogP contribution is 2.17. The fourth-order valence-electron chi connectivity index (χ4n) is 3.13. The number of nitrogens with zero attached hydrogens (tertiary/aromatic N) is 2. The molecule has 0 saturated heterocycles. The zero-order chi connectivity index (χ0) is 18.7. The molecule has 0 radical (unpaired) electrons. The third kappa shape index (κ3) is 3.68. The number of hydrogen-bond donors (Lipinski definition) is 1. The van der Waals surface area contributed by atoms with E-state index >= 15 is 0 Å². The first-order valence-corrected chi connectivity index (χ1v) is 9.12. The molecule has 3 rings (SSSR count). The van der Waals surface area contributed by atoms with Crippen molar-refractivity contribution in [1.82, 2.24) is 14.5 Å². The van der Waals surface area contributed by atoms with Crippen molar-refractivity contribution >= 4 is 28.5 Å². The molecular formula is C20H22ClN3O2. The average Bonchev–Trinajstić information content (AvgIpc) is 2.88. The molecule has 0 saturated carbocycles. The second-order valence-electron chi connectivity index (χ2n) is 6.35. The van der Waals surface area contributed by atoms with E-state index in [-0.39, 0.29) is 24.2 Å². The van der Waals surface area contributed by atoms with Crippen LogP contribution in [-0.2, 0) is 17.9 Å². The van der Waals surface area contributed by atoms with Crippen molar-refractivity contribution in [2.45, 2.75) is 39.4 Å². The predicted molar refractivity (Wildman–Crippen MR) is 104 cm³/mol. The van der Waals surface area contributed by atoms with Crippen molar-refractivity contribution in [2.24, 2.45) is 0 Å². The van der Waals surface area contributed by atoms with E-state index in [1.54, 1.807) is 16.7 Å². The molecule has 136 valence electrons. The number of fused-ring (bicyclic) bond motifs is 1. The van der Waals surface area contributed by atoms with Gasteiger partial charge in [-0.1, -0.05) is 42.8 Å². The van der Waals surface area contributed by atoms with E-state index in [4.69, 9.17) is 11.6 Å². The first-order valence-electron chi connectivity index (χ1n) is 8.74. The predicted octanol–water partition coefficient (Wildman–Crippen LogP) is 3.74. The second-order valence-corrected chi connectivity index (χ2v) is 6.79. The number of aryl methyl sites for hydroxylation is 1. The third-order valence-electron chi connectivity index (χ3n) is 4.42. The SMILES string of the molecule is CCCn1c(=O)n(CC(=O)NC(C)c2ccc(Cl)cc2)c2ccccc21. The van der Waals surface area contributed by atoms with Gasteiger partial charge < -0.3 is 5.32 Å². The Morgan fingerprint density at radius 1 is 1.08 bits per heavy atom. The number of para-hydroxylation sites is 2. The van der Waals surface area contributed by atoms with Crippen molar-refractivity contribution < 1.29 is 4.79 Å². The Kier molecular flexibility index (Phi) is 5.47. The van der Waals surface area contributed by atoms with E-state index < -0.39 is 0 Å². The monoisotopic (exact) mass is 371 g/mol. The summed E-state index contributed by atoms with van der Waals surface area (Å²) < 4.78 is 3.26. The van der Waals surface area contributed by atoms with E-state index in [1.807, 2.05) is 50.2 Å². The number of rotatable bonds is 6. The van der Waals surface area contributed by atoms with Gasteiger partial charge in [0.05, 0.1) is 17.1 Å². The lowest BCUT2D eigenvalue weighted by Gasteiger charge is -2.14. The minimum atomic E-state index is -0.200. The van der Waals surface area contributed by atoms with E-state index in [2.05, 4.69) is 5.32 Å². The van der Waals surface area contributed by atoms with Crippen LogP contribution in [0.15, 0.2) is 53.3 Å². The minimum absolute atomic E-state index is 0.00596. The molecule has 1 unspecified atom stereocenters. The molecule has 0 aliphatic rings. The van der Waals surface area contributed by atoms with Gasteiger partial charge in [-0.3, -0.25) is 13.9 Å². The minimum Gasteiger partial charge on any atom is -0.348 e. The number of imidazole rings is 1. The molecule has 3 aromatic rings. The summed E-state index contributed by atoms with van der Waals surface area (Å²) in [5, 5.41) is 3.60. The maximum atomic E-state index is 12.7. The summed E-state index contributed by atoms with van der Waals surface area (Å²) in [5.41, 5.74) is 2.45. The maximum absolute atomic E-state index is 12.7. The van der Waals surface area contributed by atoms with Gasteiger partial charge in [-0.15, -0.1) is 0 Å². The number of aromatic nitrogens is 2. The van der Waals surface area contributed by atoms with Crippen LogP contribution in [0.25, 0.3) is 11.0 Å². The lowest BCUT2D eigenvalue weighted by molar-refractivity contribution is -0.122. The van der Waals surface area contributed by atoms with Crippen molar-refractivity contribution in [2.75, 3.05) is 0 Å². The number of benzene rings is 2. The first kappa shape index (κ1) is 18.3. The summed E-state index contributed by atoms with van der Waals surface area (Å²) >= 11 is 5.90. The zero-order valence-electron chi connectivity index (χ0n) is 14.9. The number of carbonyl (C=O) groups excluding carboxylic acids is 1. The highest BCUT2D eigenvalue weighted by Gasteiger charge is 2.16. The first-order chi connectivity index (χ1) is 12.5. The summed E-state index contributed by atoms with van der Waals surface area (Å²) in [6, 6.07) is 14.8. The zero-order valence-corrected chi connectivity index (χ0v) is 15.7. The molecule has 1 atom stereocenters. The largest absolute Gasteiger partial charge is 0.348 e. The molecule has 0 bridgehead atoms. The fraction of sp³-hybridized carbons (Fsp3) is 0.300. The highest BCUT2D eigenvalue weighted by atomic mass is 35.5. The van der Waals surface area contributed by atoms with Crippen LogP contribution in [0.4, 0.5) is 0 Å². The standard InChI is InChI=1S/C20H22ClN3O2/c1-3-12-23-17-6-4-5-7-18(17)24(20(23)26)13-19(25)22-14(2)15-8-10-16(21)11-9-15/h4-11,14H,3,12-13H2,1-2H3,(H,22,25). The summed E-state index contributed by atoms with van der Waals surface area (Å²) in [6.07, 6.45) is 0.855. The number of amides is 1. The molecule has 0 aliphatic carbocycles. The van der Waals surface area contributed by atoms with Crippen molar-refractivity contribution in [3.8, 4) is 0 Å². The lowest BCUT2D eigenvalue weighted by Crippen LogP contribution is -2.34. The van der Waals surface area contributed by atoms with Crippen molar-refractivity contribution in [1.29, 1.82) is 0 Å². The van der Waals surface area contributed by atoms with Gasteiger partial charge in [0.15, 0.2) is 0 Å². The molecule has 0 fully saturated rings. The Balaban J connectivity index is 1.82. The van der Waals surface area contributed by atoms with Crippen LogP contribution in [0, 0.1) is 0 Å². The van der Waals surface area contributed by atoms with Crippen LogP contribution in [0.3, 0.4) is 0 Å². The molecule has 0 spiro atoms. The van der Waals surface area contributed by atoms with Gasteiger partial charge in [0.2, 0.25) is 5.91 Å². The third-order valence-corrected chi connectivity index (χ3v) is 4.67. The van der Waals surface area contributed by atoms with Crippen LogP contribution < -0.4 is 11.0 Å². The molecule has 1 amide bonds. The quantitative estimate of drug-likeness (QED) is 0.717. The smallest absolute Gasteiger partial charge is 0.329 e.